The van der Waals surface area contributed by atoms with Gasteiger partial charge in [0.25, 0.3) is 0 Å². The van der Waals surface area contributed by atoms with Crippen LogP contribution in [0.15, 0.2) is 24.5 Å². The van der Waals surface area contributed by atoms with Crippen LogP contribution in [0, 0.1) is 5.92 Å². The molecule has 0 spiro atoms. The van der Waals surface area contributed by atoms with Gasteiger partial charge in [0, 0.05) is 18.4 Å². The number of aryl methyl sites for hydroxylation is 1. The molecule has 2 N–H and O–H groups in total. The largest absolute Gasteiger partial charge is 0.328 e. The molecule has 0 radical (unpaired) electrons. The Morgan fingerprint density at radius 3 is 2.88 bits per heavy atom. The van der Waals surface area contributed by atoms with Gasteiger partial charge in [-0.05, 0) is 36.8 Å². The standard InChI is InChI=1S/C14H22N2/c15-14(10-12-4-1-2-5-12)8-7-13-6-3-9-16-11-13/h3,6,9,11-12,14H,1-2,4-5,7-8,10,15H2. The summed E-state index contributed by atoms with van der Waals surface area (Å²) in [5, 5.41) is 0. The highest BCUT2D eigenvalue weighted by Gasteiger charge is 2.17. The number of hydrogen-bond acceptors (Lipinski definition) is 2. The summed E-state index contributed by atoms with van der Waals surface area (Å²) in [6.07, 6.45) is 12.8. The zero-order valence-corrected chi connectivity index (χ0v) is 9.94. The number of rotatable bonds is 5. The van der Waals surface area contributed by atoms with Crippen LogP contribution in [-0.2, 0) is 6.42 Å². The molecule has 1 fully saturated rings. The lowest BCUT2D eigenvalue weighted by Crippen LogP contribution is -2.23. The second-order valence-electron chi connectivity index (χ2n) is 5.05. The predicted molar refractivity (Wildman–Crippen MR) is 67.1 cm³/mol. The molecule has 0 aliphatic heterocycles. The topological polar surface area (TPSA) is 38.9 Å². The molecule has 1 unspecified atom stereocenters. The van der Waals surface area contributed by atoms with E-state index < -0.39 is 0 Å². The van der Waals surface area contributed by atoms with E-state index in [2.05, 4.69) is 11.1 Å². The molecule has 1 aliphatic carbocycles. The van der Waals surface area contributed by atoms with Gasteiger partial charge in [-0.15, -0.1) is 0 Å². The van der Waals surface area contributed by atoms with Crippen LogP contribution in [0.5, 0.6) is 0 Å². The minimum Gasteiger partial charge on any atom is -0.328 e. The lowest BCUT2D eigenvalue weighted by atomic mass is 9.95. The predicted octanol–water partition coefficient (Wildman–Crippen LogP) is 2.92. The fourth-order valence-corrected chi connectivity index (χ4v) is 2.69. The maximum atomic E-state index is 6.18. The van der Waals surface area contributed by atoms with Crippen LogP contribution in [0.2, 0.25) is 0 Å². The van der Waals surface area contributed by atoms with Crippen molar-refractivity contribution in [2.24, 2.45) is 11.7 Å². The fourth-order valence-electron chi connectivity index (χ4n) is 2.69. The van der Waals surface area contributed by atoms with Crippen LogP contribution in [0.3, 0.4) is 0 Å². The summed E-state index contributed by atoms with van der Waals surface area (Å²) < 4.78 is 0. The lowest BCUT2D eigenvalue weighted by Gasteiger charge is -2.15. The van der Waals surface area contributed by atoms with Crippen molar-refractivity contribution in [2.75, 3.05) is 0 Å². The molecular formula is C14H22N2. The minimum absolute atomic E-state index is 0.378. The van der Waals surface area contributed by atoms with Crippen molar-refractivity contribution in [2.45, 2.75) is 51.0 Å². The van der Waals surface area contributed by atoms with Gasteiger partial charge in [-0.1, -0.05) is 31.7 Å². The Bertz CT molecular complexity index is 291. The molecule has 0 saturated heterocycles. The van der Waals surface area contributed by atoms with Crippen LogP contribution in [0.1, 0.15) is 44.1 Å². The lowest BCUT2D eigenvalue weighted by molar-refractivity contribution is 0.427. The van der Waals surface area contributed by atoms with Crippen molar-refractivity contribution in [1.29, 1.82) is 0 Å². The summed E-state index contributed by atoms with van der Waals surface area (Å²) in [7, 11) is 0. The summed E-state index contributed by atoms with van der Waals surface area (Å²) in [4.78, 5) is 4.13. The molecule has 0 amide bonds. The van der Waals surface area contributed by atoms with Crippen molar-refractivity contribution in [1.82, 2.24) is 4.98 Å². The summed E-state index contributed by atoms with van der Waals surface area (Å²) in [5.41, 5.74) is 7.49. The van der Waals surface area contributed by atoms with Gasteiger partial charge in [0.2, 0.25) is 0 Å². The Balaban J connectivity index is 1.69. The molecule has 88 valence electrons. The second kappa shape index (κ2) is 6.00. The first-order valence-corrected chi connectivity index (χ1v) is 6.49. The number of pyridine rings is 1. The molecule has 2 rings (SSSR count). The van der Waals surface area contributed by atoms with Crippen LogP contribution in [0.4, 0.5) is 0 Å². The number of nitrogens with two attached hydrogens (primary N) is 1. The highest BCUT2D eigenvalue weighted by molar-refractivity contribution is 5.08. The first-order valence-electron chi connectivity index (χ1n) is 6.49. The zero-order chi connectivity index (χ0) is 11.2. The average Bonchev–Trinajstić information content (AvgIpc) is 2.81. The summed E-state index contributed by atoms with van der Waals surface area (Å²) in [6, 6.07) is 4.51. The Morgan fingerprint density at radius 2 is 2.19 bits per heavy atom. The Morgan fingerprint density at radius 1 is 1.38 bits per heavy atom. The number of aromatic nitrogens is 1. The molecule has 0 bridgehead atoms. The van der Waals surface area contributed by atoms with E-state index in [4.69, 9.17) is 5.73 Å². The van der Waals surface area contributed by atoms with Crippen molar-refractivity contribution < 1.29 is 0 Å². The van der Waals surface area contributed by atoms with E-state index in [1.807, 2.05) is 18.5 Å². The molecule has 1 aromatic rings. The SMILES string of the molecule is NC(CCc1cccnc1)CC1CCCC1. The first-order chi connectivity index (χ1) is 7.84. The molecular weight excluding hydrogens is 196 g/mol. The van der Waals surface area contributed by atoms with Gasteiger partial charge in [0.05, 0.1) is 0 Å². The van der Waals surface area contributed by atoms with Gasteiger partial charge < -0.3 is 5.73 Å². The van der Waals surface area contributed by atoms with Crippen molar-refractivity contribution >= 4 is 0 Å². The minimum atomic E-state index is 0.378. The molecule has 16 heavy (non-hydrogen) atoms. The quantitative estimate of drug-likeness (QED) is 0.825. The summed E-state index contributed by atoms with van der Waals surface area (Å²) in [6.45, 7) is 0. The fraction of sp³-hybridized carbons (Fsp3) is 0.643. The van der Waals surface area contributed by atoms with E-state index in [-0.39, 0.29) is 0 Å². The van der Waals surface area contributed by atoms with Gasteiger partial charge in [0.15, 0.2) is 0 Å². The van der Waals surface area contributed by atoms with E-state index >= 15 is 0 Å². The Labute approximate surface area is 98.3 Å². The van der Waals surface area contributed by atoms with Gasteiger partial charge in [-0.3, -0.25) is 4.98 Å². The number of nitrogens with zero attached hydrogens (tertiary/aromatic N) is 1. The van der Waals surface area contributed by atoms with Crippen LogP contribution in [-0.4, -0.2) is 11.0 Å². The van der Waals surface area contributed by atoms with Crippen LogP contribution in [0.25, 0.3) is 0 Å². The highest BCUT2D eigenvalue weighted by atomic mass is 14.6. The van der Waals surface area contributed by atoms with Gasteiger partial charge in [-0.25, -0.2) is 0 Å². The van der Waals surface area contributed by atoms with E-state index in [0.29, 0.717) is 6.04 Å². The Kier molecular flexibility index (Phi) is 4.34. The number of hydrogen-bond donors (Lipinski definition) is 1. The molecule has 2 nitrogen and oxygen atoms in total. The van der Waals surface area contributed by atoms with Crippen molar-refractivity contribution in [3.05, 3.63) is 30.1 Å². The first kappa shape index (κ1) is 11.6. The molecule has 1 atom stereocenters. The summed E-state index contributed by atoms with van der Waals surface area (Å²) in [5.74, 6) is 0.906. The average molecular weight is 218 g/mol. The smallest absolute Gasteiger partial charge is 0.0299 e. The van der Waals surface area contributed by atoms with E-state index in [9.17, 15) is 0 Å². The summed E-state index contributed by atoms with van der Waals surface area (Å²) >= 11 is 0. The van der Waals surface area contributed by atoms with Crippen molar-refractivity contribution in [3.8, 4) is 0 Å². The zero-order valence-electron chi connectivity index (χ0n) is 9.94. The molecule has 2 heteroatoms. The third kappa shape index (κ3) is 3.60. The third-order valence-electron chi connectivity index (χ3n) is 3.64. The van der Waals surface area contributed by atoms with Gasteiger partial charge in [0.1, 0.15) is 0 Å². The molecule has 1 saturated carbocycles. The van der Waals surface area contributed by atoms with Crippen LogP contribution < -0.4 is 5.73 Å². The monoisotopic (exact) mass is 218 g/mol. The Hall–Kier alpha value is -0.890. The normalized spacial score (nSPS) is 18.8. The second-order valence-corrected chi connectivity index (χ2v) is 5.05. The molecule has 0 aromatic carbocycles. The van der Waals surface area contributed by atoms with E-state index in [1.54, 1.807) is 0 Å². The van der Waals surface area contributed by atoms with Gasteiger partial charge in [-0.2, -0.15) is 0 Å². The third-order valence-corrected chi connectivity index (χ3v) is 3.64. The van der Waals surface area contributed by atoms with Gasteiger partial charge >= 0.3 is 0 Å². The highest BCUT2D eigenvalue weighted by Crippen LogP contribution is 2.28. The molecule has 1 heterocycles. The van der Waals surface area contributed by atoms with E-state index in [1.165, 1.54) is 37.7 Å². The molecule has 1 aromatic heterocycles. The van der Waals surface area contributed by atoms with Crippen LogP contribution >= 0.6 is 0 Å². The maximum absolute atomic E-state index is 6.18. The van der Waals surface area contributed by atoms with Crippen molar-refractivity contribution in [3.63, 3.8) is 0 Å². The maximum Gasteiger partial charge on any atom is 0.0299 e. The van der Waals surface area contributed by atoms with E-state index in [0.717, 1.165) is 18.8 Å². The molecule has 1 aliphatic rings.